The third-order valence-electron chi connectivity index (χ3n) is 5.47. The topological polar surface area (TPSA) is 65.7 Å². The number of aromatic hydroxyl groups is 1. The number of phenolic OH excluding ortho intramolecular Hbond substituents is 1. The SMILES string of the molecule is O=C(c1ccoc1)N1CCC(NC2CCCc3c(O)cccc32)CC1. The zero-order valence-corrected chi connectivity index (χ0v) is 14.3. The molecule has 1 amide bonds. The molecular weight excluding hydrogens is 316 g/mol. The normalized spacial score (nSPS) is 21.1. The van der Waals surface area contributed by atoms with Crippen molar-refractivity contribution in [1.29, 1.82) is 0 Å². The highest BCUT2D eigenvalue weighted by atomic mass is 16.3. The van der Waals surface area contributed by atoms with Crippen molar-refractivity contribution >= 4 is 5.91 Å². The van der Waals surface area contributed by atoms with Gasteiger partial charge >= 0.3 is 0 Å². The zero-order chi connectivity index (χ0) is 17.2. The van der Waals surface area contributed by atoms with E-state index in [4.69, 9.17) is 4.42 Å². The van der Waals surface area contributed by atoms with Crippen molar-refractivity contribution in [2.24, 2.45) is 0 Å². The van der Waals surface area contributed by atoms with Gasteiger partial charge in [-0.25, -0.2) is 0 Å². The minimum Gasteiger partial charge on any atom is -0.508 e. The first-order valence-corrected chi connectivity index (χ1v) is 9.10. The maximum Gasteiger partial charge on any atom is 0.257 e. The van der Waals surface area contributed by atoms with Crippen LogP contribution in [0.1, 0.15) is 53.2 Å². The van der Waals surface area contributed by atoms with Gasteiger partial charge in [0.05, 0.1) is 11.8 Å². The molecule has 1 unspecified atom stereocenters. The summed E-state index contributed by atoms with van der Waals surface area (Å²) in [6.45, 7) is 1.53. The van der Waals surface area contributed by atoms with Crippen molar-refractivity contribution in [2.75, 3.05) is 13.1 Å². The lowest BCUT2D eigenvalue weighted by atomic mass is 9.86. The fraction of sp³-hybridized carbons (Fsp3) is 0.450. The van der Waals surface area contributed by atoms with E-state index in [1.165, 1.54) is 18.1 Å². The lowest BCUT2D eigenvalue weighted by molar-refractivity contribution is 0.0700. The number of fused-ring (bicyclic) bond motifs is 1. The highest BCUT2D eigenvalue weighted by Crippen LogP contribution is 2.35. The molecule has 5 heteroatoms. The van der Waals surface area contributed by atoms with E-state index >= 15 is 0 Å². The van der Waals surface area contributed by atoms with Gasteiger partial charge in [0.2, 0.25) is 0 Å². The van der Waals surface area contributed by atoms with Gasteiger partial charge in [-0.1, -0.05) is 12.1 Å². The Morgan fingerprint density at radius 1 is 1.20 bits per heavy atom. The smallest absolute Gasteiger partial charge is 0.257 e. The largest absolute Gasteiger partial charge is 0.508 e. The van der Waals surface area contributed by atoms with Crippen LogP contribution in [-0.4, -0.2) is 35.0 Å². The summed E-state index contributed by atoms with van der Waals surface area (Å²) in [7, 11) is 0. The molecule has 5 nitrogen and oxygen atoms in total. The van der Waals surface area contributed by atoms with Gasteiger partial charge in [0.1, 0.15) is 12.0 Å². The van der Waals surface area contributed by atoms with Crippen LogP contribution in [0, 0.1) is 0 Å². The van der Waals surface area contributed by atoms with Gasteiger partial charge in [0.25, 0.3) is 5.91 Å². The number of likely N-dealkylation sites (tertiary alicyclic amines) is 1. The van der Waals surface area contributed by atoms with Crippen molar-refractivity contribution in [1.82, 2.24) is 10.2 Å². The number of hydrogen-bond acceptors (Lipinski definition) is 4. The van der Waals surface area contributed by atoms with Crippen LogP contribution in [0.4, 0.5) is 0 Å². The summed E-state index contributed by atoms with van der Waals surface area (Å²) in [5, 5.41) is 13.9. The van der Waals surface area contributed by atoms with Crippen LogP contribution in [0.15, 0.2) is 41.2 Å². The number of furan rings is 1. The molecule has 1 aliphatic carbocycles. The molecule has 1 aliphatic heterocycles. The molecule has 1 atom stereocenters. The van der Waals surface area contributed by atoms with Crippen molar-refractivity contribution in [3.63, 3.8) is 0 Å². The molecule has 0 radical (unpaired) electrons. The predicted molar refractivity (Wildman–Crippen MR) is 94.6 cm³/mol. The summed E-state index contributed by atoms with van der Waals surface area (Å²) in [6.07, 6.45) is 8.11. The number of carbonyl (C=O) groups excluding carboxylic acids is 1. The maximum absolute atomic E-state index is 12.4. The molecule has 2 N–H and O–H groups in total. The number of nitrogens with zero attached hydrogens (tertiary/aromatic N) is 1. The summed E-state index contributed by atoms with van der Waals surface area (Å²) in [5.41, 5.74) is 2.96. The Bertz CT molecular complexity index is 733. The van der Waals surface area contributed by atoms with E-state index in [0.29, 0.717) is 23.4 Å². The quantitative estimate of drug-likeness (QED) is 0.900. The molecular formula is C20H24N2O3. The second kappa shape index (κ2) is 6.92. The minimum absolute atomic E-state index is 0.0557. The van der Waals surface area contributed by atoms with Crippen molar-refractivity contribution in [3.8, 4) is 5.75 Å². The number of nitrogens with one attached hydrogen (secondary N) is 1. The van der Waals surface area contributed by atoms with Crippen LogP contribution in [0.25, 0.3) is 0 Å². The van der Waals surface area contributed by atoms with Crippen LogP contribution >= 0.6 is 0 Å². The Labute approximate surface area is 147 Å². The van der Waals surface area contributed by atoms with E-state index < -0.39 is 0 Å². The zero-order valence-electron chi connectivity index (χ0n) is 14.3. The number of phenols is 1. The molecule has 2 aliphatic rings. The molecule has 132 valence electrons. The molecule has 1 fully saturated rings. The second-order valence-electron chi connectivity index (χ2n) is 7.03. The van der Waals surface area contributed by atoms with Crippen molar-refractivity contribution < 1.29 is 14.3 Å². The summed E-state index contributed by atoms with van der Waals surface area (Å²) >= 11 is 0. The summed E-state index contributed by atoms with van der Waals surface area (Å²) in [4.78, 5) is 14.3. The standard InChI is InChI=1S/C20H24N2O3/c23-19-6-2-3-16-17(19)4-1-5-18(16)21-15-7-10-22(11-8-15)20(24)14-9-12-25-13-14/h2-3,6,9,12-13,15,18,21,23H,1,4-5,7-8,10-11H2. The van der Waals surface area contributed by atoms with Gasteiger partial charge in [-0.05, 0) is 55.4 Å². The van der Waals surface area contributed by atoms with Crippen LogP contribution in [0.2, 0.25) is 0 Å². The van der Waals surface area contributed by atoms with Gasteiger partial charge < -0.3 is 19.7 Å². The van der Waals surface area contributed by atoms with Crippen LogP contribution < -0.4 is 5.32 Å². The fourth-order valence-corrected chi connectivity index (χ4v) is 4.10. The molecule has 1 saturated heterocycles. The summed E-state index contributed by atoms with van der Waals surface area (Å²) in [6, 6.07) is 8.27. The van der Waals surface area contributed by atoms with Gasteiger partial charge in [-0.2, -0.15) is 0 Å². The lowest BCUT2D eigenvalue weighted by Crippen LogP contribution is -2.46. The molecule has 1 aromatic heterocycles. The molecule has 4 rings (SSSR count). The number of rotatable bonds is 3. The lowest BCUT2D eigenvalue weighted by Gasteiger charge is -2.36. The van der Waals surface area contributed by atoms with E-state index in [0.717, 1.165) is 50.8 Å². The number of benzene rings is 1. The number of carbonyl (C=O) groups is 1. The highest BCUT2D eigenvalue weighted by molar-refractivity contribution is 5.93. The average molecular weight is 340 g/mol. The third-order valence-corrected chi connectivity index (χ3v) is 5.47. The van der Waals surface area contributed by atoms with E-state index in [1.54, 1.807) is 12.1 Å². The first-order chi connectivity index (χ1) is 12.2. The molecule has 0 saturated carbocycles. The van der Waals surface area contributed by atoms with Crippen molar-refractivity contribution in [2.45, 2.75) is 44.2 Å². The van der Waals surface area contributed by atoms with Gasteiger partial charge in [-0.15, -0.1) is 0 Å². The monoisotopic (exact) mass is 340 g/mol. The van der Waals surface area contributed by atoms with Crippen LogP contribution in [0.5, 0.6) is 5.75 Å². The Kier molecular flexibility index (Phi) is 4.49. The first-order valence-electron chi connectivity index (χ1n) is 9.10. The fourth-order valence-electron chi connectivity index (χ4n) is 4.10. The second-order valence-corrected chi connectivity index (χ2v) is 7.03. The van der Waals surface area contributed by atoms with E-state index in [2.05, 4.69) is 11.4 Å². The minimum atomic E-state index is 0.0557. The van der Waals surface area contributed by atoms with Crippen LogP contribution in [0.3, 0.4) is 0 Å². The summed E-state index contributed by atoms with van der Waals surface area (Å²) < 4.78 is 5.01. The van der Waals surface area contributed by atoms with Gasteiger partial charge in [0.15, 0.2) is 0 Å². The highest BCUT2D eigenvalue weighted by Gasteiger charge is 2.28. The first kappa shape index (κ1) is 16.2. The number of piperidine rings is 1. The molecule has 2 aromatic rings. The maximum atomic E-state index is 12.4. The number of amides is 1. The van der Waals surface area contributed by atoms with Gasteiger partial charge in [-0.3, -0.25) is 4.79 Å². The molecule has 1 aromatic carbocycles. The average Bonchev–Trinajstić information content (AvgIpc) is 3.17. The molecule has 2 heterocycles. The predicted octanol–water partition coefficient (Wildman–Crippen LogP) is 3.26. The Hall–Kier alpha value is -2.27. The van der Waals surface area contributed by atoms with Crippen molar-refractivity contribution in [3.05, 3.63) is 53.5 Å². The Balaban J connectivity index is 1.37. The van der Waals surface area contributed by atoms with Crippen LogP contribution in [-0.2, 0) is 6.42 Å². The van der Waals surface area contributed by atoms with E-state index in [-0.39, 0.29) is 5.91 Å². The van der Waals surface area contributed by atoms with E-state index in [9.17, 15) is 9.90 Å². The van der Waals surface area contributed by atoms with Gasteiger partial charge in [0, 0.05) is 25.2 Å². The summed E-state index contributed by atoms with van der Waals surface area (Å²) in [5.74, 6) is 0.477. The molecule has 25 heavy (non-hydrogen) atoms. The Morgan fingerprint density at radius 3 is 2.80 bits per heavy atom. The van der Waals surface area contributed by atoms with E-state index in [1.807, 2.05) is 11.0 Å². The number of hydrogen-bond donors (Lipinski definition) is 2. The molecule has 0 bridgehead atoms. The molecule has 0 spiro atoms. The Morgan fingerprint density at radius 2 is 2.04 bits per heavy atom. The third kappa shape index (κ3) is 3.29.